The number of rotatable bonds is 5. The molecule has 100 valence electrons. The monoisotopic (exact) mass is 280 g/mol. The Balaban J connectivity index is 1.99. The lowest BCUT2D eigenvalue weighted by Crippen LogP contribution is -2.06. The third-order valence-corrected chi connectivity index (χ3v) is 3.37. The predicted molar refractivity (Wildman–Crippen MR) is 74.6 cm³/mol. The van der Waals surface area contributed by atoms with Gasteiger partial charge in [0.05, 0.1) is 6.04 Å². The molecule has 0 bridgehead atoms. The molecule has 2 aromatic rings. The molecule has 0 aliphatic heterocycles. The molecule has 1 N–H and O–H groups in total. The fourth-order valence-electron chi connectivity index (χ4n) is 1.70. The quantitative estimate of drug-likeness (QED) is 0.812. The van der Waals surface area contributed by atoms with E-state index in [4.69, 9.17) is 0 Å². The Kier molecular flexibility index (Phi) is 4.74. The number of hydrogen-bond donors (Lipinski definition) is 1. The molecule has 0 fully saturated rings. The maximum atomic E-state index is 12.2. The molecule has 0 radical (unpaired) electrons. The molecule has 0 saturated carbocycles. The van der Waals surface area contributed by atoms with Gasteiger partial charge in [-0.25, -0.2) is 0 Å². The standard InChI is InChI=1S/C14H14F2N2S/c1-10(11-3-2-8-17-9-11)18-12-4-6-13(7-5-12)19-14(15)16/h2-10,14,18H,1H3. The van der Waals surface area contributed by atoms with Crippen molar-refractivity contribution in [2.75, 3.05) is 5.32 Å². The van der Waals surface area contributed by atoms with Gasteiger partial charge in [0.15, 0.2) is 0 Å². The number of anilines is 1. The molecule has 1 aromatic carbocycles. The summed E-state index contributed by atoms with van der Waals surface area (Å²) in [6.07, 6.45) is 3.53. The molecule has 2 rings (SSSR count). The molecule has 1 heterocycles. The van der Waals surface area contributed by atoms with Crippen molar-refractivity contribution in [2.24, 2.45) is 0 Å². The Morgan fingerprint density at radius 1 is 1.16 bits per heavy atom. The van der Waals surface area contributed by atoms with Crippen molar-refractivity contribution < 1.29 is 8.78 Å². The van der Waals surface area contributed by atoms with Gasteiger partial charge in [0.1, 0.15) is 0 Å². The number of nitrogens with zero attached hydrogens (tertiary/aromatic N) is 1. The molecule has 0 saturated heterocycles. The second kappa shape index (κ2) is 6.52. The summed E-state index contributed by atoms with van der Waals surface area (Å²) in [6.45, 7) is 2.03. The predicted octanol–water partition coefficient (Wildman–Crippen LogP) is 4.57. The number of benzene rings is 1. The lowest BCUT2D eigenvalue weighted by molar-refractivity contribution is 0.252. The largest absolute Gasteiger partial charge is 0.378 e. The number of pyridine rings is 1. The minimum absolute atomic E-state index is 0.113. The van der Waals surface area contributed by atoms with Crippen molar-refractivity contribution >= 4 is 17.4 Å². The lowest BCUT2D eigenvalue weighted by Gasteiger charge is -2.15. The maximum Gasteiger partial charge on any atom is 0.288 e. The van der Waals surface area contributed by atoms with E-state index in [1.165, 1.54) is 0 Å². The molecule has 1 unspecified atom stereocenters. The van der Waals surface area contributed by atoms with Crippen LogP contribution in [0.2, 0.25) is 0 Å². The van der Waals surface area contributed by atoms with Gasteiger partial charge in [0.25, 0.3) is 5.76 Å². The van der Waals surface area contributed by atoms with Gasteiger partial charge in [-0.05, 0) is 42.8 Å². The van der Waals surface area contributed by atoms with Crippen LogP contribution < -0.4 is 5.32 Å². The van der Waals surface area contributed by atoms with Crippen molar-refractivity contribution in [2.45, 2.75) is 23.6 Å². The third kappa shape index (κ3) is 4.21. The maximum absolute atomic E-state index is 12.2. The molecule has 0 aliphatic carbocycles. The van der Waals surface area contributed by atoms with Crippen LogP contribution in [0.3, 0.4) is 0 Å². The molecule has 0 amide bonds. The minimum Gasteiger partial charge on any atom is -0.378 e. The highest BCUT2D eigenvalue weighted by Gasteiger charge is 2.07. The van der Waals surface area contributed by atoms with Crippen molar-refractivity contribution in [1.82, 2.24) is 4.98 Å². The van der Waals surface area contributed by atoms with E-state index in [-0.39, 0.29) is 6.04 Å². The Labute approximate surface area is 115 Å². The first-order chi connectivity index (χ1) is 9.15. The third-order valence-electron chi connectivity index (χ3n) is 2.65. The molecule has 1 aromatic heterocycles. The average molecular weight is 280 g/mol. The van der Waals surface area contributed by atoms with E-state index in [9.17, 15) is 8.78 Å². The number of halogens is 2. The van der Waals surface area contributed by atoms with Gasteiger partial charge in [-0.15, -0.1) is 0 Å². The van der Waals surface area contributed by atoms with E-state index in [1.807, 2.05) is 19.1 Å². The van der Waals surface area contributed by atoms with Crippen LogP contribution in [-0.2, 0) is 0 Å². The van der Waals surface area contributed by atoms with Gasteiger partial charge in [-0.1, -0.05) is 17.8 Å². The highest BCUT2D eigenvalue weighted by molar-refractivity contribution is 7.99. The summed E-state index contributed by atoms with van der Waals surface area (Å²) in [7, 11) is 0. The van der Waals surface area contributed by atoms with Gasteiger partial charge in [0, 0.05) is 23.0 Å². The summed E-state index contributed by atoms with van der Waals surface area (Å²) in [4.78, 5) is 4.63. The van der Waals surface area contributed by atoms with Gasteiger partial charge in [-0.3, -0.25) is 4.98 Å². The molecular formula is C14H14F2N2S. The van der Waals surface area contributed by atoms with Crippen molar-refractivity contribution in [3.05, 3.63) is 54.4 Å². The van der Waals surface area contributed by atoms with Crippen molar-refractivity contribution in [3.63, 3.8) is 0 Å². The van der Waals surface area contributed by atoms with Crippen LogP contribution in [-0.4, -0.2) is 10.7 Å². The summed E-state index contributed by atoms with van der Waals surface area (Å²) in [5, 5.41) is 3.30. The van der Waals surface area contributed by atoms with Crippen LogP contribution >= 0.6 is 11.8 Å². The highest BCUT2D eigenvalue weighted by atomic mass is 32.2. The molecule has 19 heavy (non-hydrogen) atoms. The molecule has 0 spiro atoms. The zero-order valence-electron chi connectivity index (χ0n) is 10.4. The Morgan fingerprint density at radius 2 is 1.89 bits per heavy atom. The Hall–Kier alpha value is -1.62. The first kappa shape index (κ1) is 13.8. The molecule has 1 atom stereocenters. The van der Waals surface area contributed by atoms with E-state index in [0.717, 1.165) is 11.3 Å². The molecule has 2 nitrogen and oxygen atoms in total. The lowest BCUT2D eigenvalue weighted by atomic mass is 10.1. The van der Waals surface area contributed by atoms with Crippen molar-refractivity contribution in [1.29, 1.82) is 0 Å². The van der Waals surface area contributed by atoms with Crippen LogP contribution in [0.5, 0.6) is 0 Å². The number of thioether (sulfide) groups is 1. The second-order valence-electron chi connectivity index (χ2n) is 4.06. The van der Waals surface area contributed by atoms with Gasteiger partial charge < -0.3 is 5.32 Å². The summed E-state index contributed by atoms with van der Waals surface area (Å²) < 4.78 is 24.4. The summed E-state index contributed by atoms with van der Waals surface area (Å²) in [5.74, 6) is -2.38. The Bertz CT molecular complexity index is 503. The van der Waals surface area contributed by atoms with Crippen LogP contribution in [0.15, 0.2) is 53.7 Å². The van der Waals surface area contributed by atoms with Crippen LogP contribution in [0.1, 0.15) is 18.5 Å². The molecule has 0 aliphatic rings. The zero-order valence-corrected chi connectivity index (χ0v) is 11.2. The average Bonchev–Trinajstić information content (AvgIpc) is 2.41. The van der Waals surface area contributed by atoms with Crippen LogP contribution in [0, 0.1) is 0 Å². The SMILES string of the molecule is CC(Nc1ccc(SC(F)F)cc1)c1cccnc1. The van der Waals surface area contributed by atoms with Gasteiger partial charge >= 0.3 is 0 Å². The smallest absolute Gasteiger partial charge is 0.288 e. The normalized spacial score (nSPS) is 12.4. The summed E-state index contributed by atoms with van der Waals surface area (Å²) in [6, 6.07) is 11.0. The van der Waals surface area contributed by atoms with Crippen LogP contribution in [0.4, 0.5) is 14.5 Å². The van der Waals surface area contributed by atoms with Gasteiger partial charge in [-0.2, -0.15) is 8.78 Å². The first-order valence-corrected chi connectivity index (χ1v) is 6.74. The van der Waals surface area contributed by atoms with E-state index in [0.29, 0.717) is 16.7 Å². The zero-order chi connectivity index (χ0) is 13.7. The minimum atomic E-state index is -2.38. The van der Waals surface area contributed by atoms with E-state index >= 15 is 0 Å². The number of nitrogens with one attached hydrogen (secondary N) is 1. The number of aromatic nitrogens is 1. The van der Waals surface area contributed by atoms with E-state index in [2.05, 4.69) is 10.3 Å². The fraction of sp³-hybridized carbons (Fsp3) is 0.214. The second-order valence-corrected chi connectivity index (χ2v) is 5.12. The Morgan fingerprint density at radius 3 is 2.47 bits per heavy atom. The number of alkyl halides is 2. The summed E-state index contributed by atoms with van der Waals surface area (Å²) >= 11 is 0.551. The van der Waals surface area contributed by atoms with Crippen molar-refractivity contribution in [3.8, 4) is 0 Å². The first-order valence-electron chi connectivity index (χ1n) is 5.86. The fourth-order valence-corrected chi connectivity index (χ4v) is 2.20. The molecule has 5 heteroatoms. The van der Waals surface area contributed by atoms with Gasteiger partial charge in [0.2, 0.25) is 0 Å². The topological polar surface area (TPSA) is 24.9 Å². The van der Waals surface area contributed by atoms with Crippen LogP contribution in [0.25, 0.3) is 0 Å². The number of hydrogen-bond acceptors (Lipinski definition) is 3. The molecular weight excluding hydrogens is 266 g/mol. The summed E-state index contributed by atoms with van der Waals surface area (Å²) in [5.41, 5.74) is 1.98. The van der Waals surface area contributed by atoms with E-state index in [1.54, 1.807) is 36.7 Å². The van der Waals surface area contributed by atoms with E-state index < -0.39 is 5.76 Å². The highest BCUT2D eigenvalue weighted by Crippen LogP contribution is 2.27.